The monoisotopic (exact) mass is 507 g/mol. The van der Waals surface area contributed by atoms with Gasteiger partial charge in [0.05, 0.1) is 19.7 Å². The Morgan fingerprint density at radius 2 is 2.04 bits per heavy atom. The minimum absolute atomic E-state index is 0. The predicted octanol–water partition coefficient (Wildman–Crippen LogP) is 1.91. The van der Waals surface area contributed by atoms with Crippen LogP contribution in [0.4, 0.5) is 13.2 Å². The van der Waals surface area contributed by atoms with Crippen molar-refractivity contribution in [1.29, 1.82) is 0 Å². The van der Waals surface area contributed by atoms with Crippen LogP contribution in [0.2, 0.25) is 0 Å². The number of aliphatic imine (C=N–C) groups is 1. The number of hydrogen-bond donors (Lipinski definition) is 2. The lowest BCUT2D eigenvalue weighted by molar-refractivity contribution is -0.143. The van der Waals surface area contributed by atoms with Gasteiger partial charge in [0.2, 0.25) is 0 Å². The molecule has 2 aliphatic heterocycles. The normalized spacial score (nSPS) is 24.9. The largest absolute Gasteiger partial charge is 0.401 e. The van der Waals surface area contributed by atoms with Gasteiger partial charge in [0.1, 0.15) is 0 Å². The van der Waals surface area contributed by atoms with Gasteiger partial charge in [-0.2, -0.15) is 13.2 Å². The van der Waals surface area contributed by atoms with Crippen LogP contribution in [0.1, 0.15) is 26.2 Å². The fourth-order valence-electron chi connectivity index (χ4n) is 3.66. The van der Waals surface area contributed by atoms with Crippen LogP contribution in [0.3, 0.4) is 0 Å². The molecule has 2 saturated heterocycles. The summed E-state index contributed by atoms with van der Waals surface area (Å²) in [5.41, 5.74) is 0. The van der Waals surface area contributed by atoms with Crippen molar-refractivity contribution in [2.45, 2.75) is 44.4 Å². The summed E-state index contributed by atoms with van der Waals surface area (Å²) < 4.78 is 42.7. The van der Waals surface area contributed by atoms with Crippen LogP contribution in [-0.2, 0) is 4.74 Å². The molecule has 0 aromatic carbocycles. The van der Waals surface area contributed by atoms with E-state index in [1.165, 1.54) is 11.3 Å². The summed E-state index contributed by atoms with van der Waals surface area (Å²) in [6.07, 6.45) is -1.15. The van der Waals surface area contributed by atoms with Crippen LogP contribution in [0.5, 0.6) is 0 Å². The standard InChI is InChI=1S/C17H32F3N5O.HI/c1-3-21-16(22-11-15-5-4-7-25(15)9-10-26-2)23-14-6-8-24(12-14)13-17(18,19)20;/h14-15H,3-13H2,1-2H3,(H2,21,22,23);1H. The molecule has 27 heavy (non-hydrogen) atoms. The highest BCUT2D eigenvalue weighted by Gasteiger charge is 2.34. The summed E-state index contributed by atoms with van der Waals surface area (Å²) in [7, 11) is 1.71. The highest BCUT2D eigenvalue weighted by atomic mass is 127. The zero-order valence-corrected chi connectivity index (χ0v) is 18.6. The second kappa shape index (κ2) is 12.3. The molecular formula is C17H33F3IN5O. The maximum absolute atomic E-state index is 12.5. The quantitative estimate of drug-likeness (QED) is 0.299. The van der Waals surface area contributed by atoms with Gasteiger partial charge < -0.3 is 15.4 Å². The summed E-state index contributed by atoms with van der Waals surface area (Å²) in [5.74, 6) is 0.699. The van der Waals surface area contributed by atoms with Gasteiger partial charge in [-0.05, 0) is 32.7 Å². The third-order valence-corrected chi connectivity index (χ3v) is 4.90. The number of alkyl halides is 3. The number of nitrogens with zero attached hydrogens (tertiary/aromatic N) is 3. The minimum atomic E-state index is -4.14. The topological polar surface area (TPSA) is 52.1 Å². The summed E-state index contributed by atoms with van der Waals surface area (Å²) in [6, 6.07) is 0.411. The first-order valence-electron chi connectivity index (χ1n) is 9.48. The number of hydrogen-bond acceptors (Lipinski definition) is 4. The molecule has 0 aliphatic carbocycles. The maximum Gasteiger partial charge on any atom is 0.401 e. The molecule has 0 amide bonds. The van der Waals surface area contributed by atoms with Crippen LogP contribution < -0.4 is 10.6 Å². The molecule has 2 fully saturated rings. The van der Waals surface area contributed by atoms with E-state index in [0.717, 1.165) is 32.7 Å². The number of rotatable bonds is 8. The van der Waals surface area contributed by atoms with Crippen LogP contribution in [-0.4, -0.2) is 93.5 Å². The molecule has 2 N–H and O–H groups in total. The molecule has 0 bridgehead atoms. The molecule has 2 heterocycles. The van der Waals surface area contributed by atoms with Gasteiger partial charge in [0, 0.05) is 45.4 Å². The average molecular weight is 507 g/mol. The molecule has 2 rings (SSSR count). The van der Waals surface area contributed by atoms with Gasteiger partial charge in [-0.3, -0.25) is 14.8 Å². The minimum Gasteiger partial charge on any atom is -0.383 e. The lowest BCUT2D eigenvalue weighted by Crippen LogP contribution is -2.46. The molecule has 0 spiro atoms. The Balaban J connectivity index is 0.00000364. The zero-order chi connectivity index (χ0) is 19.0. The Kier molecular flexibility index (Phi) is 11.2. The van der Waals surface area contributed by atoms with Crippen molar-refractivity contribution in [3.8, 4) is 0 Å². The number of likely N-dealkylation sites (tertiary alicyclic amines) is 2. The van der Waals surface area contributed by atoms with Crippen molar-refractivity contribution in [2.24, 2.45) is 4.99 Å². The Morgan fingerprint density at radius 1 is 1.26 bits per heavy atom. The van der Waals surface area contributed by atoms with Crippen molar-refractivity contribution in [1.82, 2.24) is 20.4 Å². The van der Waals surface area contributed by atoms with E-state index >= 15 is 0 Å². The summed E-state index contributed by atoms with van der Waals surface area (Å²) in [6.45, 7) is 6.13. The van der Waals surface area contributed by atoms with Crippen LogP contribution in [0.15, 0.2) is 4.99 Å². The average Bonchev–Trinajstić information content (AvgIpc) is 3.18. The van der Waals surface area contributed by atoms with Gasteiger partial charge in [0.15, 0.2) is 5.96 Å². The molecule has 6 nitrogen and oxygen atoms in total. The Hall–Kier alpha value is -0.330. The molecule has 160 valence electrons. The SMILES string of the molecule is CCNC(=NCC1CCCN1CCOC)NC1CCN(CC(F)(F)F)C1.I. The van der Waals surface area contributed by atoms with E-state index in [4.69, 9.17) is 4.74 Å². The number of nitrogens with one attached hydrogen (secondary N) is 2. The molecule has 10 heteroatoms. The summed E-state index contributed by atoms with van der Waals surface area (Å²) in [4.78, 5) is 8.54. The first kappa shape index (κ1) is 24.7. The fourth-order valence-corrected chi connectivity index (χ4v) is 3.66. The van der Waals surface area contributed by atoms with E-state index in [-0.39, 0.29) is 30.0 Å². The van der Waals surface area contributed by atoms with Gasteiger partial charge in [-0.1, -0.05) is 0 Å². The summed E-state index contributed by atoms with van der Waals surface area (Å²) >= 11 is 0. The van der Waals surface area contributed by atoms with E-state index in [0.29, 0.717) is 38.1 Å². The molecule has 0 aromatic heterocycles. The molecule has 2 atom stereocenters. The Morgan fingerprint density at radius 3 is 2.70 bits per heavy atom. The molecule has 0 radical (unpaired) electrons. The van der Waals surface area contributed by atoms with Gasteiger partial charge >= 0.3 is 6.18 Å². The van der Waals surface area contributed by atoms with E-state index in [1.807, 2.05) is 6.92 Å². The lowest BCUT2D eigenvalue weighted by atomic mass is 10.2. The predicted molar refractivity (Wildman–Crippen MR) is 112 cm³/mol. The van der Waals surface area contributed by atoms with E-state index in [1.54, 1.807) is 7.11 Å². The molecule has 0 aromatic rings. The number of guanidine groups is 1. The highest BCUT2D eigenvalue weighted by molar-refractivity contribution is 14.0. The second-order valence-electron chi connectivity index (χ2n) is 7.02. The third-order valence-electron chi connectivity index (χ3n) is 4.90. The van der Waals surface area contributed by atoms with Crippen molar-refractivity contribution >= 4 is 29.9 Å². The van der Waals surface area contributed by atoms with Gasteiger partial charge in [-0.25, -0.2) is 0 Å². The Bertz CT molecular complexity index is 453. The number of ether oxygens (including phenoxy) is 1. The molecule has 2 aliphatic rings. The molecule has 0 saturated carbocycles. The molecule has 2 unspecified atom stereocenters. The first-order valence-corrected chi connectivity index (χ1v) is 9.48. The maximum atomic E-state index is 12.5. The van der Waals surface area contributed by atoms with Gasteiger partial charge in [-0.15, -0.1) is 24.0 Å². The van der Waals surface area contributed by atoms with E-state index in [9.17, 15) is 13.2 Å². The van der Waals surface area contributed by atoms with Crippen LogP contribution in [0, 0.1) is 0 Å². The Labute approximate surface area is 177 Å². The number of methoxy groups -OCH3 is 1. The van der Waals surface area contributed by atoms with E-state index in [2.05, 4.69) is 20.5 Å². The van der Waals surface area contributed by atoms with E-state index < -0.39 is 12.7 Å². The fraction of sp³-hybridized carbons (Fsp3) is 0.941. The smallest absolute Gasteiger partial charge is 0.383 e. The van der Waals surface area contributed by atoms with Gasteiger partial charge in [0.25, 0.3) is 0 Å². The second-order valence-corrected chi connectivity index (χ2v) is 7.02. The van der Waals surface area contributed by atoms with Crippen molar-refractivity contribution < 1.29 is 17.9 Å². The third kappa shape index (κ3) is 9.14. The number of halogens is 4. The van der Waals surface area contributed by atoms with Crippen LogP contribution in [0.25, 0.3) is 0 Å². The summed E-state index contributed by atoms with van der Waals surface area (Å²) in [5, 5.41) is 6.51. The highest BCUT2D eigenvalue weighted by Crippen LogP contribution is 2.20. The molecular weight excluding hydrogens is 474 g/mol. The van der Waals surface area contributed by atoms with Crippen LogP contribution >= 0.6 is 24.0 Å². The van der Waals surface area contributed by atoms with Crippen molar-refractivity contribution in [3.63, 3.8) is 0 Å². The first-order chi connectivity index (χ1) is 12.4. The zero-order valence-electron chi connectivity index (χ0n) is 16.2. The van der Waals surface area contributed by atoms with Crippen molar-refractivity contribution in [2.75, 3.05) is 59.5 Å². The lowest BCUT2D eigenvalue weighted by Gasteiger charge is -2.24. The van der Waals surface area contributed by atoms with Crippen molar-refractivity contribution in [3.05, 3.63) is 0 Å².